The van der Waals surface area contributed by atoms with Gasteiger partial charge in [0, 0.05) is 18.2 Å². The molecule has 1 aliphatic rings. The van der Waals surface area contributed by atoms with Crippen molar-refractivity contribution in [1.29, 1.82) is 0 Å². The Morgan fingerprint density at radius 3 is 2.38 bits per heavy atom. The van der Waals surface area contributed by atoms with Gasteiger partial charge < -0.3 is 15.2 Å². The third kappa shape index (κ3) is 7.62. The number of rotatable bonds is 9. The highest BCUT2D eigenvalue weighted by atomic mass is 16.5. The van der Waals surface area contributed by atoms with Crippen LogP contribution in [0.5, 0.6) is 0 Å². The third-order valence-corrected chi connectivity index (χ3v) is 4.75. The quantitative estimate of drug-likeness (QED) is 0.635. The van der Waals surface area contributed by atoms with Gasteiger partial charge in [-0.3, -0.25) is 0 Å². The number of unbranched alkanes of at least 4 members (excludes halogenated alkanes) is 1. The van der Waals surface area contributed by atoms with Gasteiger partial charge in [-0.1, -0.05) is 27.7 Å². The Kier molecular flexibility index (Phi) is 7.66. The monoisotopic (exact) mass is 299 g/mol. The van der Waals surface area contributed by atoms with Crippen molar-refractivity contribution in [2.24, 2.45) is 5.41 Å². The highest BCUT2D eigenvalue weighted by molar-refractivity contribution is 4.83. The van der Waals surface area contributed by atoms with Crippen LogP contribution in [0.25, 0.3) is 0 Å². The largest absolute Gasteiger partial charge is 0.394 e. The predicted octanol–water partition coefficient (Wildman–Crippen LogP) is 3.89. The molecule has 1 rings (SSSR count). The summed E-state index contributed by atoms with van der Waals surface area (Å²) >= 11 is 0. The molecule has 1 unspecified atom stereocenters. The Bertz CT molecular complexity index is 281. The van der Waals surface area contributed by atoms with E-state index in [9.17, 15) is 5.11 Å². The lowest BCUT2D eigenvalue weighted by Gasteiger charge is -2.34. The van der Waals surface area contributed by atoms with E-state index in [1.807, 2.05) is 0 Å². The first-order valence-corrected chi connectivity index (χ1v) is 8.76. The summed E-state index contributed by atoms with van der Waals surface area (Å²) in [5.41, 5.74) is 0.369. The van der Waals surface area contributed by atoms with Gasteiger partial charge in [0.2, 0.25) is 0 Å². The summed E-state index contributed by atoms with van der Waals surface area (Å²) < 4.78 is 6.02. The van der Waals surface area contributed by atoms with E-state index >= 15 is 0 Å². The molecule has 0 spiro atoms. The van der Waals surface area contributed by atoms with E-state index in [1.165, 1.54) is 25.7 Å². The fraction of sp³-hybridized carbons (Fsp3) is 1.00. The Hall–Kier alpha value is -0.120. The van der Waals surface area contributed by atoms with Crippen molar-refractivity contribution >= 4 is 0 Å². The molecule has 0 saturated heterocycles. The predicted molar refractivity (Wildman–Crippen MR) is 89.6 cm³/mol. The number of ether oxygens (including phenoxy) is 1. The first-order chi connectivity index (χ1) is 9.76. The SMILES string of the molecule is CC(C)NC(C)(CO)CCCCOC1CCC(C)(C)CC1. The maximum absolute atomic E-state index is 9.55. The van der Waals surface area contributed by atoms with Crippen molar-refractivity contribution in [1.82, 2.24) is 5.32 Å². The molecule has 1 fully saturated rings. The van der Waals surface area contributed by atoms with Crippen LogP contribution in [-0.4, -0.2) is 36.0 Å². The minimum atomic E-state index is -0.150. The molecule has 3 nitrogen and oxygen atoms in total. The minimum absolute atomic E-state index is 0.150. The summed E-state index contributed by atoms with van der Waals surface area (Å²) in [7, 11) is 0. The second-order valence-electron chi connectivity index (χ2n) is 8.21. The summed E-state index contributed by atoms with van der Waals surface area (Å²) in [5, 5.41) is 13.0. The standard InChI is InChI=1S/C18H37NO2/c1-15(2)19-18(5,14-20)10-6-7-13-21-16-8-11-17(3,4)12-9-16/h15-16,19-20H,6-14H2,1-5H3. The van der Waals surface area contributed by atoms with Crippen molar-refractivity contribution in [2.45, 2.75) is 97.2 Å². The Morgan fingerprint density at radius 1 is 1.24 bits per heavy atom. The maximum Gasteiger partial charge on any atom is 0.0610 e. The number of hydrogen-bond donors (Lipinski definition) is 2. The molecule has 1 atom stereocenters. The molecule has 2 N–H and O–H groups in total. The van der Waals surface area contributed by atoms with Crippen LogP contribution in [0.2, 0.25) is 0 Å². The van der Waals surface area contributed by atoms with Gasteiger partial charge in [0.25, 0.3) is 0 Å². The van der Waals surface area contributed by atoms with Gasteiger partial charge in [0.05, 0.1) is 12.7 Å². The Morgan fingerprint density at radius 2 is 1.86 bits per heavy atom. The average Bonchev–Trinajstić information content (AvgIpc) is 2.39. The first kappa shape index (κ1) is 18.9. The lowest BCUT2D eigenvalue weighted by atomic mass is 9.76. The van der Waals surface area contributed by atoms with E-state index in [0.717, 1.165) is 25.9 Å². The van der Waals surface area contributed by atoms with Gasteiger partial charge in [-0.2, -0.15) is 0 Å². The molecular formula is C18H37NO2. The summed E-state index contributed by atoms with van der Waals surface area (Å²) in [4.78, 5) is 0. The molecule has 0 aromatic heterocycles. The Balaban J connectivity index is 2.11. The molecule has 126 valence electrons. The lowest BCUT2D eigenvalue weighted by Crippen LogP contribution is -2.49. The van der Waals surface area contributed by atoms with Gasteiger partial charge in [0.1, 0.15) is 0 Å². The van der Waals surface area contributed by atoms with Crippen LogP contribution in [0.1, 0.15) is 79.6 Å². The summed E-state index contributed by atoms with van der Waals surface area (Å²) in [5.74, 6) is 0. The summed E-state index contributed by atoms with van der Waals surface area (Å²) in [6, 6.07) is 0.406. The van der Waals surface area contributed by atoms with Crippen LogP contribution >= 0.6 is 0 Å². The molecule has 0 aliphatic heterocycles. The third-order valence-electron chi connectivity index (χ3n) is 4.75. The zero-order valence-corrected chi connectivity index (χ0v) is 14.9. The van der Waals surface area contributed by atoms with Gasteiger partial charge in [-0.05, 0) is 57.3 Å². The molecular weight excluding hydrogens is 262 g/mol. The number of aliphatic hydroxyl groups is 1. The molecule has 0 heterocycles. The molecule has 21 heavy (non-hydrogen) atoms. The van der Waals surface area contributed by atoms with Crippen molar-refractivity contribution in [3.63, 3.8) is 0 Å². The van der Waals surface area contributed by atoms with Crippen LogP contribution in [0, 0.1) is 5.41 Å². The van der Waals surface area contributed by atoms with Crippen LogP contribution < -0.4 is 5.32 Å². The van der Waals surface area contributed by atoms with Crippen molar-refractivity contribution in [3.05, 3.63) is 0 Å². The van der Waals surface area contributed by atoms with Crippen molar-refractivity contribution < 1.29 is 9.84 Å². The minimum Gasteiger partial charge on any atom is -0.394 e. The zero-order chi connectivity index (χ0) is 15.9. The fourth-order valence-corrected chi connectivity index (χ4v) is 3.30. The van der Waals surface area contributed by atoms with E-state index in [1.54, 1.807) is 0 Å². The van der Waals surface area contributed by atoms with E-state index in [2.05, 4.69) is 39.9 Å². The summed E-state index contributed by atoms with van der Waals surface area (Å²) in [6.07, 6.45) is 8.70. The van der Waals surface area contributed by atoms with Crippen LogP contribution in [0.4, 0.5) is 0 Å². The van der Waals surface area contributed by atoms with E-state index < -0.39 is 0 Å². The molecule has 0 aromatic carbocycles. The second kappa shape index (κ2) is 8.50. The molecule has 0 radical (unpaired) electrons. The molecule has 1 saturated carbocycles. The second-order valence-corrected chi connectivity index (χ2v) is 8.21. The van der Waals surface area contributed by atoms with Gasteiger partial charge >= 0.3 is 0 Å². The van der Waals surface area contributed by atoms with Gasteiger partial charge in [-0.15, -0.1) is 0 Å². The molecule has 0 amide bonds. The van der Waals surface area contributed by atoms with Crippen molar-refractivity contribution in [2.75, 3.05) is 13.2 Å². The average molecular weight is 299 g/mol. The summed E-state index contributed by atoms with van der Waals surface area (Å²) in [6.45, 7) is 12.2. The topological polar surface area (TPSA) is 41.5 Å². The molecule has 0 bridgehead atoms. The van der Waals surface area contributed by atoms with E-state index in [0.29, 0.717) is 17.6 Å². The normalized spacial score (nSPS) is 22.4. The smallest absolute Gasteiger partial charge is 0.0610 e. The van der Waals surface area contributed by atoms with Crippen LogP contribution in [0.15, 0.2) is 0 Å². The van der Waals surface area contributed by atoms with Gasteiger partial charge in [0.15, 0.2) is 0 Å². The number of nitrogens with one attached hydrogen (secondary N) is 1. The molecule has 0 aromatic rings. The first-order valence-electron chi connectivity index (χ1n) is 8.76. The molecule has 1 aliphatic carbocycles. The number of hydrogen-bond acceptors (Lipinski definition) is 3. The van der Waals surface area contributed by atoms with E-state index in [-0.39, 0.29) is 12.1 Å². The highest BCUT2D eigenvalue weighted by Gasteiger charge is 2.27. The van der Waals surface area contributed by atoms with Crippen LogP contribution in [-0.2, 0) is 4.74 Å². The zero-order valence-electron chi connectivity index (χ0n) is 14.9. The lowest BCUT2D eigenvalue weighted by molar-refractivity contribution is 0.00193. The molecule has 3 heteroatoms. The fourth-order valence-electron chi connectivity index (χ4n) is 3.30. The van der Waals surface area contributed by atoms with Crippen LogP contribution in [0.3, 0.4) is 0 Å². The van der Waals surface area contributed by atoms with Gasteiger partial charge in [-0.25, -0.2) is 0 Å². The maximum atomic E-state index is 9.55. The number of aliphatic hydroxyl groups excluding tert-OH is 1. The van der Waals surface area contributed by atoms with E-state index in [4.69, 9.17) is 4.74 Å². The van der Waals surface area contributed by atoms with Crippen molar-refractivity contribution in [3.8, 4) is 0 Å². The Labute approximate surface area is 131 Å². The highest BCUT2D eigenvalue weighted by Crippen LogP contribution is 2.36.